The minimum atomic E-state index is -1.18. The SMILES string of the molecule is C=CCOC12Oc3ccc(OC(=O)NCCCCCCCCCCCC)cc3C3C(CCCCO)C(CCCCO)C=C(C(=NOCc4ccc([N+](=O)[O-])cc4)CC1SCCc1cnccn1)C32. The van der Waals surface area contributed by atoms with Gasteiger partial charge in [0.05, 0.1) is 34.1 Å². The van der Waals surface area contributed by atoms with E-state index in [0.29, 0.717) is 49.5 Å². The maximum atomic E-state index is 13.3. The van der Waals surface area contributed by atoms with Crippen LogP contribution in [-0.2, 0) is 22.6 Å². The first-order chi connectivity index (χ1) is 33.3. The quantitative estimate of drug-likeness (QED) is 0.0240. The molecule has 3 N–H and O–H groups in total. The summed E-state index contributed by atoms with van der Waals surface area (Å²) in [4.78, 5) is 39.2. The summed E-state index contributed by atoms with van der Waals surface area (Å²) in [5, 5.41) is 38.8. The van der Waals surface area contributed by atoms with Gasteiger partial charge in [0.2, 0.25) is 5.79 Å². The van der Waals surface area contributed by atoms with E-state index in [1.165, 1.54) is 57.1 Å². The van der Waals surface area contributed by atoms with E-state index in [2.05, 4.69) is 34.9 Å². The van der Waals surface area contributed by atoms with E-state index in [4.69, 9.17) is 24.2 Å². The molecule has 14 nitrogen and oxygen atoms in total. The highest BCUT2D eigenvalue weighted by Crippen LogP contribution is 2.62. The third-order valence-corrected chi connectivity index (χ3v) is 14.8. The molecule has 0 spiro atoms. The van der Waals surface area contributed by atoms with Gasteiger partial charge in [0.25, 0.3) is 5.69 Å². The number of nitrogens with one attached hydrogen (secondary N) is 1. The number of aryl methyl sites for hydroxylation is 1. The third-order valence-electron chi connectivity index (χ3n) is 13.5. The number of aromatic nitrogens is 2. The van der Waals surface area contributed by atoms with Crippen molar-refractivity contribution >= 4 is 29.3 Å². The number of nitrogens with zero attached hydrogens (tertiary/aromatic N) is 4. The Morgan fingerprint density at radius 1 is 0.985 bits per heavy atom. The second kappa shape index (κ2) is 28.0. The fourth-order valence-corrected chi connectivity index (χ4v) is 11.5. The number of nitro benzene ring substituents is 1. The molecule has 1 amide bonds. The number of allylic oxidation sites excluding steroid dienone is 1. The van der Waals surface area contributed by atoms with Crippen molar-refractivity contribution in [3.05, 3.63) is 112 Å². The lowest BCUT2D eigenvalue weighted by Crippen LogP contribution is -2.64. The van der Waals surface area contributed by atoms with Crippen LogP contribution < -0.4 is 14.8 Å². The van der Waals surface area contributed by atoms with Crippen molar-refractivity contribution in [1.82, 2.24) is 15.3 Å². The molecule has 3 aromatic rings. The van der Waals surface area contributed by atoms with E-state index >= 15 is 0 Å². The minimum absolute atomic E-state index is 0.000134. The van der Waals surface area contributed by atoms with Gasteiger partial charge in [-0.3, -0.25) is 20.1 Å². The summed E-state index contributed by atoms with van der Waals surface area (Å²) >= 11 is 1.73. The molecule has 1 fully saturated rings. The predicted molar refractivity (Wildman–Crippen MR) is 267 cm³/mol. The fraction of sp³-hybridized carbons (Fsp3) is 0.585. The van der Waals surface area contributed by atoms with Crippen molar-refractivity contribution in [1.29, 1.82) is 0 Å². The molecule has 0 bridgehead atoms. The zero-order chi connectivity index (χ0) is 48.0. The van der Waals surface area contributed by atoms with Gasteiger partial charge in [-0.15, -0.1) is 6.58 Å². The summed E-state index contributed by atoms with van der Waals surface area (Å²) in [6.45, 7) is 7.34. The molecule has 15 heteroatoms. The monoisotopic (exact) mass is 956 g/mol. The van der Waals surface area contributed by atoms with Gasteiger partial charge in [0.15, 0.2) is 0 Å². The smallest absolute Gasteiger partial charge is 0.412 e. The molecular formula is C53H73N5O9S. The molecule has 2 heterocycles. The third kappa shape index (κ3) is 14.6. The van der Waals surface area contributed by atoms with Gasteiger partial charge in [0.1, 0.15) is 18.1 Å². The lowest BCUT2D eigenvalue weighted by Gasteiger charge is -2.58. The van der Waals surface area contributed by atoms with E-state index in [1.807, 2.05) is 12.1 Å². The van der Waals surface area contributed by atoms with E-state index < -0.39 is 16.8 Å². The molecule has 0 radical (unpaired) electrons. The number of hydrogen-bond donors (Lipinski definition) is 3. The summed E-state index contributed by atoms with van der Waals surface area (Å²) in [6, 6.07) is 11.9. The Morgan fingerprint density at radius 2 is 1.72 bits per heavy atom. The molecule has 2 aromatic carbocycles. The number of rotatable bonds is 31. The maximum Gasteiger partial charge on any atom is 0.412 e. The number of amides is 1. The van der Waals surface area contributed by atoms with Crippen molar-refractivity contribution in [2.24, 2.45) is 22.9 Å². The van der Waals surface area contributed by atoms with Crippen molar-refractivity contribution in [3.8, 4) is 11.5 Å². The first-order valence-corrected chi connectivity index (χ1v) is 26.1. The van der Waals surface area contributed by atoms with Gasteiger partial charge >= 0.3 is 6.09 Å². The number of thioether (sulfide) groups is 1. The minimum Gasteiger partial charge on any atom is -0.460 e. The Balaban J connectivity index is 1.33. The second-order valence-electron chi connectivity index (χ2n) is 18.3. The molecule has 2 aliphatic carbocycles. The Hall–Kier alpha value is -4.83. The molecule has 1 saturated carbocycles. The van der Waals surface area contributed by atoms with E-state index in [1.54, 1.807) is 54.6 Å². The maximum absolute atomic E-state index is 13.3. The molecule has 6 unspecified atom stereocenters. The van der Waals surface area contributed by atoms with Gasteiger partial charge in [-0.1, -0.05) is 94.9 Å². The Bertz CT molecular complexity index is 2090. The highest BCUT2D eigenvalue weighted by molar-refractivity contribution is 8.00. The van der Waals surface area contributed by atoms with Gasteiger partial charge in [-0.25, -0.2) is 4.79 Å². The van der Waals surface area contributed by atoms with Gasteiger partial charge in [-0.05, 0) is 91.2 Å². The molecule has 370 valence electrons. The zero-order valence-corrected chi connectivity index (χ0v) is 40.8. The molecule has 0 saturated heterocycles. The average Bonchev–Trinajstić information content (AvgIpc) is 3.35. The molecule has 6 atom stereocenters. The number of fused-ring (bicyclic) bond motifs is 2. The lowest BCUT2D eigenvalue weighted by molar-refractivity contribution is -0.384. The largest absolute Gasteiger partial charge is 0.460 e. The van der Waals surface area contributed by atoms with E-state index in [-0.39, 0.29) is 61.0 Å². The number of aliphatic hydroxyl groups is 2. The fourth-order valence-electron chi connectivity index (χ4n) is 10.1. The van der Waals surface area contributed by atoms with Crippen molar-refractivity contribution in [2.45, 2.75) is 146 Å². The van der Waals surface area contributed by atoms with Crippen LogP contribution in [0, 0.1) is 27.9 Å². The second-order valence-corrected chi connectivity index (χ2v) is 19.6. The first kappa shape index (κ1) is 52.5. The van der Waals surface area contributed by atoms with Crippen LogP contribution in [0.5, 0.6) is 11.5 Å². The summed E-state index contributed by atoms with van der Waals surface area (Å²) in [6.07, 6.45) is 26.5. The number of ether oxygens (including phenoxy) is 3. The van der Waals surface area contributed by atoms with Crippen molar-refractivity contribution < 1.29 is 39.0 Å². The summed E-state index contributed by atoms with van der Waals surface area (Å²) < 4.78 is 20.4. The number of carbonyl (C=O) groups excluding carboxylic acids is 1. The molecule has 1 aromatic heterocycles. The Morgan fingerprint density at radius 3 is 2.41 bits per heavy atom. The number of non-ortho nitro benzene ring substituents is 1. The normalized spacial score (nSPS) is 22.1. The lowest BCUT2D eigenvalue weighted by atomic mass is 9.56. The predicted octanol–water partition coefficient (Wildman–Crippen LogP) is 11.2. The summed E-state index contributed by atoms with van der Waals surface area (Å²) in [7, 11) is 0. The number of benzene rings is 2. The number of aliphatic hydroxyl groups excluding tert-OH is 2. The van der Waals surface area contributed by atoms with Crippen LogP contribution in [0.25, 0.3) is 0 Å². The number of hydrogen-bond acceptors (Lipinski definition) is 13. The van der Waals surface area contributed by atoms with Crippen LogP contribution in [0.3, 0.4) is 0 Å². The van der Waals surface area contributed by atoms with Crippen LogP contribution in [0.4, 0.5) is 10.5 Å². The topological polar surface area (TPSA) is 188 Å². The van der Waals surface area contributed by atoms with Crippen LogP contribution in [-0.4, -0.2) is 80.1 Å². The first-order valence-electron chi connectivity index (χ1n) is 25.1. The highest BCUT2D eigenvalue weighted by Gasteiger charge is 2.64. The summed E-state index contributed by atoms with van der Waals surface area (Å²) in [5.74, 6) is 0.143. The van der Waals surface area contributed by atoms with Gasteiger partial charge in [0, 0.05) is 74.8 Å². The summed E-state index contributed by atoms with van der Waals surface area (Å²) in [5.41, 5.74) is 4.26. The molecule has 1 aliphatic heterocycles. The van der Waals surface area contributed by atoms with Crippen LogP contribution >= 0.6 is 11.8 Å². The van der Waals surface area contributed by atoms with Crippen LogP contribution in [0.15, 0.2) is 90.5 Å². The van der Waals surface area contributed by atoms with Crippen LogP contribution in [0.1, 0.15) is 139 Å². The van der Waals surface area contributed by atoms with Crippen molar-refractivity contribution in [2.75, 3.05) is 32.1 Å². The average molecular weight is 956 g/mol. The van der Waals surface area contributed by atoms with E-state index in [9.17, 15) is 25.1 Å². The standard InChI is InChI=1S/C53H73N5O9S/c1-3-5-6-7-8-9-10-11-12-15-27-56-52(61)66-43-24-25-48-46(35-43)50-44(19-14-17-31-60)40(18-13-16-30-59)34-45-47(57-65-38-39-20-22-42(23-21-39)58(62)63)36-49(53(67-48,51(45)50)64-32-4-2)68-33-26-41-37-54-28-29-55-41/h4,20-25,28-29,34-35,37,40,44,49-51,59-60H,2-3,5-19,26-27,30-33,36,38H2,1H3,(H,56,61). The van der Waals surface area contributed by atoms with Crippen molar-refractivity contribution in [3.63, 3.8) is 0 Å². The van der Waals surface area contributed by atoms with Gasteiger partial charge < -0.3 is 34.6 Å². The number of unbranched alkanes of at least 4 members (excludes halogenated alkanes) is 11. The van der Waals surface area contributed by atoms with E-state index in [0.717, 1.165) is 73.1 Å². The zero-order valence-electron chi connectivity index (χ0n) is 39.9. The Kier molecular flexibility index (Phi) is 21.6. The molecule has 68 heavy (non-hydrogen) atoms. The number of nitro groups is 1. The molecular weight excluding hydrogens is 883 g/mol. The highest BCUT2D eigenvalue weighted by atomic mass is 32.2. The number of carbonyl (C=O) groups is 1. The Labute approximate surface area is 406 Å². The van der Waals surface area contributed by atoms with Gasteiger partial charge in [-0.2, -0.15) is 11.8 Å². The molecule has 6 rings (SSSR count). The number of oxime groups is 1. The van der Waals surface area contributed by atoms with Crippen LogP contribution in [0.2, 0.25) is 0 Å². The molecule has 3 aliphatic rings.